The van der Waals surface area contributed by atoms with E-state index in [1.807, 2.05) is 48.7 Å². The molecule has 0 aromatic carbocycles. The number of likely N-dealkylation sites (tertiary alicyclic amines) is 1. The molecule has 1 amide bonds. The molecular weight excluding hydrogens is 519 g/mol. The summed E-state index contributed by atoms with van der Waals surface area (Å²) in [5.74, 6) is 0.408. The Labute approximate surface area is 231 Å². The van der Waals surface area contributed by atoms with E-state index in [2.05, 4.69) is 15.3 Å². The molecule has 3 aromatic heterocycles. The van der Waals surface area contributed by atoms with Crippen LogP contribution < -0.4 is 5.32 Å². The zero-order chi connectivity index (χ0) is 27.7. The molecule has 2 aliphatic rings. The van der Waals surface area contributed by atoms with Crippen molar-refractivity contribution < 1.29 is 18.7 Å². The molecule has 1 aliphatic carbocycles. The smallest absolute Gasteiger partial charge is 0.270 e. The normalized spacial score (nSPS) is 22.4. The Hall–Kier alpha value is -3.31. The lowest BCUT2D eigenvalue weighted by Crippen LogP contribution is -2.45. The van der Waals surface area contributed by atoms with Gasteiger partial charge in [0.05, 0.1) is 41.4 Å². The molecular formula is C28H35FN6O3S. The second kappa shape index (κ2) is 11.4. The van der Waals surface area contributed by atoms with E-state index in [9.17, 15) is 9.18 Å². The highest BCUT2D eigenvalue weighted by Gasteiger charge is 2.34. The summed E-state index contributed by atoms with van der Waals surface area (Å²) in [7, 11) is 3.36. The average molecular weight is 555 g/mol. The van der Waals surface area contributed by atoms with Crippen molar-refractivity contribution in [1.82, 2.24) is 19.4 Å². The fourth-order valence-electron chi connectivity index (χ4n) is 5.47. The van der Waals surface area contributed by atoms with Crippen LogP contribution >= 0.6 is 11.3 Å². The second-order valence-corrected chi connectivity index (χ2v) is 11.4. The number of aryl methyl sites for hydroxylation is 2. The van der Waals surface area contributed by atoms with E-state index >= 15 is 0 Å². The van der Waals surface area contributed by atoms with Gasteiger partial charge in [0.25, 0.3) is 5.91 Å². The molecule has 1 aliphatic heterocycles. The van der Waals surface area contributed by atoms with Crippen LogP contribution in [0.3, 0.4) is 0 Å². The molecule has 9 nitrogen and oxygen atoms in total. The Morgan fingerprint density at radius 2 is 2.05 bits per heavy atom. The van der Waals surface area contributed by atoms with Gasteiger partial charge in [0, 0.05) is 32.3 Å². The van der Waals surface area contributed by atoms with Gasteiger partial charge in [-0.2, -0.15) is 0 Å². The third-order valence-corrected chi connectivity index (χ3v) is 8.99. The summed E-state index contributed by atoms with van der Waals surface area (Å²) in [5, 5.41) is 12.5. The Morgan fingerprint density at radius 3 is 2.74 bits per heavy atom. The third kappa shape index (κ3) is 5.56. The van der Waals surface area contributed by atoms with Crippen LogP contribution in [0.15, 0.2) is 36.6 Å². The zero-order valence-corrected chi connectivity index (χ0v) is 23.6. The number of rotatable bonds is 6. The highest BCUT2D eigenvalue weighted by molar-refractivity contribution is 7.20. The molecule has 1 saturated heterocycles. The second-order valence-electron chi connectivity index (χ2n) is 10.4. The lowest BCUT2D eigenvalue weighted by molar-refractivity contribution is -0.0526. The maximum Gasteiger partial charge on any atom is 0.270 e. The molecule has 208 valence electrons. The SMILES string of the molecule is COC(=N)c1sc2ncnc(NC3CC=C(F)C(C)CC3OC3CCN(C(=O)c4cccn4C)CC3)c2c1C. The van der Waals surface area contributed by atoms with Crippen LogP contribution in [-0.2, 0) is 16.5 Å². The van der Waals surface area contributed by atoms with Crippen molar-refractivity contribution in [1.29, 1.82) is 5.41 Å². The molecule has 5 rings (SSSR count). The maximum absolute atomic E-state index is 14.7. The van der Waals surface area contributed by atoms with Crippen LogP contribution in [0.25, 0.3) is 10.2 Å². The molecule has 3 aromatic rings. The summed E-state index contributed by atoms with van der Waals surface area (Å²) in [6.45, 7) is 5.07. The summed E-state index contributed by atoms with van der Waals surface area (Å²) in [4.78, 5) is 25.2. The molecule has 0 bridgehead atoms. The van der Waals surface area contributed by atoms with Crippen molar-refractivity contribution in [2.75, 3.05) is 25.5 Å². The molecule has 11 heteroatoms. The predicted octanol–water partition coefficient (Wildman–Crippen LogP) is 5.06. The minimum absolute atomic E-state index is 0.0211. The fraction of sp³-hybridized carbons (Fsp3) is 0.500. The van der Waals surface area contributed by atoms with Crippen molar-refractivity contribution in [3.05, 3.63) is 52.7 Å². The van der Waals surface area contributed by atoms with Gasteiger partial charge in [-0.15, -0.1) is 11.3 Å². The number of amides is 1. The van der Waals surface area contributed by atoms with Crippen molar-refractivity contribution in [2.45, 2.75) is 57.8 Å². The number of halogens is 1. The van der Waals surface area contributed by atoms with Gasteiger partial charge in [-0.1, -0.05) is 13.0 Å². The van der Waals surface area contributed by atoms with E-state index in [4.69, 9.17) is 14.9 Å². The summed E-state index contributed by atoms with van der Waals surface area (Å²) in [6.07, 6.45) is 7.23. The minimum Gasteiger partial charge on any atom is -0.480 e. The van der Waals surface area contributed by atoms with Gasteiger partial charge in [-0.05, 0) is 50.3 Å². The number of ether oxygens (including phenoxy) is 2. The first-order valence-electron chi connectivity index (χ1n) is 13.3. The van der Waals surface area contributed by atoms with Crippen molar-refractivity contribution in [2.24, 2.45) is 13.0 Å². The molecule has 3 atom stereocenters. The first-order chi connectivity index (χ1) is 18.8. The lowest BCUT2D eigenvalue weighted by atomic mass is 9.98. The highest BCUT2D eigenvalue weighted by atomic mass is 32.1. The number of aromatic nitrogens is 3. The molecule has 0 spiro atoms. The van der Waals surface area contributed by atoms with Gasteiger partial charge >= 0.3 is 0 Å². The molecule has 3 unspecified atom stereocenters. The standard InChI is InChI=1S/C28H35FN6O3S/c1-16-14-22(38-18-9-12-35(13-10-18)28(36)21-6-5-11-34(21)3)20(8-7-19(16)29)33-26-23-17(2)24(25(30)37-4)39-27(23)32-15-31-26/h5-7,11,15-16,18,20,22,30H,8-10,12-14H2,1-4H3,(H,31,32,33). The van der Waals surface area contributed by atoms with Gasteiger partial charge < -0.3 is 24.3 Å². The number of nitrogens with one attached hydrogen (secondary N) is 2. The van der Waals surface area contributed by atoms with Gasteiger partial charge in [-0.25, -0.2) is 14.4 Å². The number of nitrogens with zero attached hydrogens (tertiary/aromatic N) is 4. The number of carbonyl (C=O) groups is 1. The lowest BCUT2D eigenvalue weighted by Gasteiger charge is -2.36. The van der Waals surface area contributed by atoms with E-state index in [1.54, 1.807) is 6.08 Å². The van der Waals surface area contributed by atoms with Gasteiger partial charge in [0.2, 0.25) is 5.90 Å². The Kier molecular flexibility index (Phi) is 7.99. The molecule has 1 fully saturated rings. The summed E-state index contributed by atoms with van der Waals surface area (Å²) in [5.41, 5.74) is 1.56. The van der Waals surface area contributed by atoms with E-state index < -0.39 is 0 Å². The highest BCUT2D eigenvalue weighted by Crippen LogP contribution is 2.36. The number of methoxy groups -OCH3 is 1. The Balaban J connectivity index is 1.32. The van der Waals surface area contributed by atoms with Crippen LogP contribution in [0.1, 0.15) is 53.5 Å². The number of carbonyl (C=O) groups excluding carboxylic acids is 1. The van der Waals surface area contributed by atoms with Gasteiger partial charge in [0.15, 0.2) is 0 Å². The number of piperidine rings is 1. The summed E-state index contributed by atoms with van der Waals surface area (Å²) in [6, 6.07) is 3.52. The number of thiophene rings is 1. The third-order valence-electron chi connectivity index (χ3n) is 7.79. The minimum atomic E-state index is -0.247. The number of anilines is 1. The molecule has 0 radical (unpaired) electrons. The Morgan fingerprint density at radius 1 is 1.28 bits per heavy atom. The predicted molar refractivity (Wildman–Crippen MR) is 150 cm³/mol. The number of fused-ring (bicyclic) bond motifs is 1. The van der Waals surface area contributed by atoms with Gasteiger partial charge in [-0.3, -0.25) is 10.2 Å². The molecule has 4 heterocycles. The largest absolute Gasteiger partial charge is 0.480 e. The van der Waals surface area contributed by atoms with E-state index in [0.29, 0.717) is 42.3 Å². The number of allylic oxidation sites excluding steroid dienone is 1. The molecule has 0 saturated carbocycles. The quantitative estimate of drug-likeness (QED) is 0.326. The van der Waals surface area contributed by atoms with Crippen molar-refractivity contribution >= 4 is 39.2 Å². The van der Waals surface area contributed by atoms with Crippen LogP contribution in [0.5, 0.6) is 0 Å². The van der Waals surface area contributed by atoms with Crippen LogP contribution in [-0.4, -0.2) is 69.7 Å². The molecule has 39 heavy (non-hydrogen) atoms. The maximum atomic E-state index is 14.7. The van der Waals surface area contributed by atoms with E-state index in [1.165, 1.54) is 24.8 Å². The number of hydrogen-bond donors (Lipinski definition) is 2. The van der Waals surface area contributed by atoms with Crippen molar-refractivity contribution in [3.63, 3.8) is 0 Å². The van der Waals surface area contributed by atoms with E-state index in [-0.39, 0.29) is 41.8 Å². The Bertz CT molecular complexity index is 1390. The van der Waals surface area contributed by atoms with Gasteiger partial charge in [0.1, 0.15) is 22.7 Å². The van der Waals surface area contributed by atoms with Crippen LogP contribution in [0, 0.1) is 18.3 Å². The van der Waals surface area contributed by atoms with E-state index in [0.717, 1.165) is 28.6 Å². The number of hydrogen-bond acceptors (Lipinski definition) is 8. The summed E-state index contributed by atoms with van der Waals surface area (Å²) >= 11 is 1.39. The van der Waals surface area contributed by atoms with Crippen LogP contribution in [0.4, 0.5) is 10.2 Å². The first-order valence-corrected chi connectivity index (χ1v) is 14.1. The van der Waals surface area contributed by atoms with Crippen LogP contribution in [0.2, 0.25) is 0 Å². The monoisotopic (exact) mass is 554 g/mol. The topological polar surface area (TPSA) is 105 Å². The fourth-order valence-corrected chi connectivity index (χ4v) is 6.55. The van der Waals surface area contributed by atoms with Crippen molar-refractivity contribution in [3.8, 4) is 0 Å². The first kappa shape index (κ1) is 27.3. The molecule has 2 N–H and O–H groups in total. The average Bonchev–Trinajstić information content (AvgIpc) is 3.49. The zero-order valence-electron chi connectivity index (χ0n) is 22.7. The summed E-state index contributed by atoms with van der Waals surface area (Å²) < 4.78 is 28.4.